The van der Waals surface area contributed by atoms with Gasteiger partial charge in [0.05, 0.1) is 6.26 Å². The third-order valence-corrected chi connectivity index (χ3v) is 6.42. The van der Waals surface area contributed by atoms with Gasteiger partial charge >= 0.3 is 0 Å². The summed E-state index contributed by atoms with van der Waals surface area (Å²) in [6, 6.07) is 15.3. The van der Waals surface area contributed by atoms with Gasteiger partial charge in [-0.05, 0) is 55.3 Å². The summed E-state index contributed by atoms with van der Waals surface area (Å²) in [5.74, 6) is -0.829. The van der Waals surface area contributed by atoms with Gasteiger partial charge in [-0.1, -0.05) is 48.7 Å². The molecule has 190 valence electrons. The SMILES string of the molecule is Cc1ccc(-c2nnn(CC(=O)N(c3cccc(F)c3)C(C(=O)NC3CCCC3)c3ccco3)n2)cc1. The molecule has 0 spiro atoms. The Bertz CT molecular complexity index is 1360. The number of anilines is 1. The summed E-state index contributed by atoms with van der Waals surface area (Å²) in [7, 11) is 0. The first-order chi connectivity index (χ1) is 18.0. The zero-order valence-electron chi connectivity index (χ0n) is 20.4. The molecule has 2 heterocycles. The molecule has 4 aromatic rings. The van der Waals surface area contributed by atoms with Gasteiger partial charge in [-0.15, -0.1) is 10.2 Å². The number of nitrogens with zero attached hydrogens (tertiary/aromatic N) is 5. The molecule has 1 unspecified atom stereocenters. The smallest absolute Gasteiger partial charge is 0.251 e. The standard InChI is InChI=1S/C27H27FN6O3/c1-18-11-13-19(14-12-18)26-30-32-33(31-26)17-24(35)34(22-9-4-6-20(28)16-22)25(23-10-5-15-37-23)27(36)29-21-7-2-3-8-21/h4-6,9-16,21,25H,2-3,7-8,17H2,1H3,(H,29,36). The van der Waals surface area contributed by atoms with Crippen molar-refractivity contribution in [1.82, 2.24) is 25.5 Å². The molecule has 0 bridgehead atoms. The lowest BCUT2D eigenvalue weighted by Gasteiger charge is -2.30. The average molecular weight is 503 g/mol. The molecule has 1 N–H and O–H groups in total. The van der Waals surface area contributed by atoms with Crippen LogP contribution >= 0.6 is 0 Å². The molecule has 0 saturated heterocycles. The highest BCUT2D eigenvalue weighted by molar-refractivity contribution is 6.01. The van der Waals surface area contributed by atoms with Gasteiger partial charge in [0.25, 0.3) is 11.8 Å². The molecule has 1 aliphatic carbocycles. The number of tetrazole rings is 1. The van der Waals surface area contributed by atoms with E-state index in [1.807, 2.05) is 31.2 Å². The minimum atomic E-state index is -1.15. The largest absolute Gasteiger partial charge is 0.467 e. The minimum Gasteiger partial charge on any atom is -0.467 e. The van der Waals surface area contributed by atoms with Gasteiger partial charge in [0.15, 0.2) is 6.04 Å². The number of aromatic nitrogens is 4. The van der Waals surface area contributed by atoms with E-state index in [-0.39, 0.29) is 24.0 Å². The molecule has 1 saturated carbocycles. The van der Waals surface area contributed by atoms with Gasteiger partial charge in [0, 0.05) is 17.3 Å². The highest BCUT2D eigenvalue weighted by Gasteiger charge is 2.36. The predicted octanol–water partition coefficient (Wildman–Crippen LogP) is 4.21. The van der Waals surface area contributed by atoms with Crippen LogP contribution in [0.1, 0.15) is 43.0 Å². The van der Waals surface area contributed by atoms with E-state index < -0.39 is 23.7 Å². The minimum absolute atomic E-state index is 0.0171. The second-order valence-electron chi connectivity index (χ2n) is 9.16. The van der Waals surface area contributed by atoms with E-state index in [2.05, 4.69) is 20.7 Å². The van der Waals surface area contributed by atoms with Gasteiger partial charge in [0.2, 0.25) is 5.82 Å². The van der Waals surface area contributed by atoms with Crippen LogP contribution in [0, 0.1) is 12.7 Å². The van der Waals surface area contributed by atoms with Crippen molar-refractivity contribution in [3.05, 3.63) is 84.1 Å². The van der Waals surface area contributed by atoms with E-state index in [1.54, 1.807) is 18.2 Å². The molecule has 2 amide bonds. The maximum absolute atomic E-state index is 14.3. The van der Waals surface area contributed by atoms with E-state index in [4.69, 9.17) is 4.42 Å². The number of rotatable bonds is 8. The molecule has 5 rings (SSSR count). The van der Waals surface area contributed by atoms with Crippen molar-refractivity contribution in [1.29, 1.82) is 0 Å². The van der Waals surface area contributed by atoms with Crippen LogP contribution in [0.3, 0.4) is 0 Å². The van der Waals surface area contributed by atoms with Crippen LogP contribution in [-0.2, 0) is 16.1 Å². The third-order valence-electron chi connectivity index (χ3n) is 6.42. The number of nitrogens with one attached hydrogen (secondary N) is 1. The van der Waals surface area contributed by atoms with Crippen LogP contribution in [0.15, 0.2) is 71.3 Å². The highest BCUT2D eigenvalue weighted by atomic mass is 19.1. The van der Waals surface area contributed by atoms with Gasteiger partial charge < -0.3 is 9.73 Å². The van der Waals surface area contributed by atoms with E-state index in [0.29, 0.717) is 5.82 Å². The molecule has 1 atom stereocenters. The number of carbonyl (C=O) groups excluding carboxylic acids is 2. The van der Waals surface area contributed by atoms with Gasteiger partial charge in [-0.25, -0.2) is 4.39 Å². The van der Waals surface area contributed by atoms with Crippen molar-refractivity contribution in [2.24, 2.45) is 0 Å². The number of halogens is 1. The summed E-state index contributed by atoms with van der Waals surface area (Å²) in [5, 5.41) is 15.5. The summed E-state index contributed by atoms with van der Waals surface area (Å²) in [6.07, 6.45) is 5.24. The van der Waals surface area contributed by atoms with Crippen molar-refractivity contribution in [2.45, 2.75) is 51.2 Å². The summed E-state index contributed by atoms with van der Waals surface area (Å²) in [5.41, 5.74) is 2.07. The Morgan fingerprint density at radius 1 is 1.14 bits per heavy atom. The quantitative estimate of drug-likeness (QED) is 0.387. The third kappa shape index (κ3) is 5.58. The number of aryl methyl sites for hydroxylation is 1. The molecule has 0 radical (unpaired) electrons. The molecule has 0 aliphatic heterocycles. The van der Waals surface area contributed by atoms with Crippen molar-refractivity contribution >= 4 is 17.5 Å². The van der Waals surface area contributed by atoms with E-state index >= 15 is 0 Å². The fourth-order valence-electron chi connectivity index (χ4n) is 4.56. The number of furan rings is 1. The molecule has 1 fully saturated rings. The lowest BCUT2D eigenvalue weighted by molar-refractivity contribution is -0.128. The van der Waals surface area contributed by atoms with Crippen molar-refractivity contribution in [2.75, 3.05) is 4.90 Å². The molecule has 2 aromatic carbocycles. The first-order valence-corrected chi connectivity index (χ1v) is 12.2. The van der Waals surface area contributed by atoms with Crippen molar-refractivity contribution in [3.63, 3.8) is 0 Å². The molecule has 37 heavy (non-hydrogen) atoms. The first-order valence-electron chi connectivity index (χ1n) is 12.2. The Labute approximate surface area is 213 Å². The summed E-state index contributed by atoms with van der Waals surface area (Å²) in [4.78, 5) is 29.7. The Morgan fingerprint density at radius 3 is 2.62 bits per heavy atom. The predicted molar refractivity (Wildman–Crippen MR) is 134 cm³/mol. The van der Waals surface area contributed by atoms with Crippen LogP contribution < -0.4 is 10.2 Å². The number of carbonyl (C=O) groups is 2. The zero-order valence-corrected chi connectivity index (χ0v) is 20.4. The molecular formula is C27H27FN6O3. The van der Waals surface area contributed by atoms with Crippen LogP contribution in [0.5, 0.6) is 0 Å². The summed E-state index contributed by atoms with van der Waals surface area (Å²) < 4.78 is 19.9. The number of hydrogen-bond acceptors (Lipinski definition) is 6. The first kappa shape index (κ1) is 24.4. The Hall–Kier alpha value is -4.34. The molecule has 2 aromatic heterocycles. The van der Waals surface area contributed by atoms with Crippen LogP contribution in [0.4, 0.5) is 10.1 Å². The monoisotopic (exact) mass is 502 g/mol. The Kier molecular flexibility index (Phi) is 7.07. The fourth-order valence-corrected chi connectivity index (χ4v) is 4.56. The maximum atomic E-state index is 14.3. The Balaban J connectivity index is 1.47. The maximum Gasteiger partial charge on any atom is 0.251 e. The van der Waals surface area contributed by atoms with Crippen molar-refractivity contribution in [3.8, 4) is 11.4 Å². The highest BCUT2D eigenvalue weighted by Crippen LogP contribution is 2.30. The summed E-state index contributed by atoms with van der Waals surface area (Å²) >= 11 is 0. The van der Waals surface area contributed by atoms with Gasteiger partial charge in [0.1, 0.15) is 18.1 Å². The van der Waals surface area contributed by atoms with E-state index in [9.17, 15) is 14.0 Å². The molecule has 10 heteroatoms. The number of benzene rings is 2. The normalized spacial score (nSPS) is 14.4. The molecule has 9 nitrogen and oxygen atoms in total. The van der Waals surface area contributed by atoms with Gasteiger partial charge in [-0.3, -0.25) is 14.5 Å². The molecular weight excluding hydrogens is 475 g/mol. The van der Waals surface area contributed by atoms with E-state index in [1.165, 1.54) is 29.4 Å². The zero-order chi connectivity index (χ0) is 25.8. The van der Waals surface area contributed by atoms with E-state index in [0.717, 1.165) is 41.6 Å². The number of amides is 2. The number of hydrogen-bond donors (Lipinski definition) is 1. The Morgan fingerprint density at radius 2 is 1.92 bits per heavy atom. The lowest BCUT2D eigenvalue weighted by Crippen LogP contribution is -2.47. The van der Waals surface area contributed by atoms with Gasteiger partial charge in [-0.2, -0.15) is 4.80 Å². The molecule has 1 aliphatic rings. The fraction of sp³-hybridized carbons (Fsp3) is 0.296. The van der Waals surface area contributed by atoms with Crippen molar-refractivity contribution < 1.29 is 18.4 Å². The lowest BCUT2D eigenvalue weighted by atomic mass is 10.1. The average Bonchev–Trinajstić information content (AvgIpc) is 3.66. The van der Waals surface area contributed by atoms with Crippen LogP contribution in [-0.4, -0.2) is 38.1 Å². The second-order valence-corrected chi connectivity index (χ2v) is 9.16. The second kappa shape index (κ2) is 10.7. The van der Waals surface area contributed by atoms with Crippen LogP contribution in [0.25, 0.3) is 11.4 Å². The van der Waals surface area contributed by atoms with Crippen LogP contribution in [0.2, 0.25) is 0 Å². The summed E-state index contributed by atoms with van der Waals surface area (Å²) in [6.45, 7) is 1.66. The topological polar surface area (TPSA) is 106 Å².